The molecule has 1 aliphatic rings. The van der Waals surface area contributed by atoms with Crippen LogP contribution < -0.4 is 4.90 Å². The third kappa shape index (κ3) is 2.70. The zero-order valence-corrected chi connectivity index (χ0v) is 9.30. The normalized spacial score (nSPS) is 17.2. The number of hydrogen-bond acceptors (Lipinski definition) is 5. The van der Waals surface area contributed by atoms with E-state index in [1.807, 2.05) is 18.2 Å². The molecule has 0 atom stereocenters. The summed E-state index contributed by atoms with van der Waals surface area (Å²) >= 11 is 0. The second-order valence-corrected chi connectivity index (χ2v) is 3.69. The van der Waals surface area contributed by atoms with E-state index in [1.54, 1.807) is 11.3 Å². The molecular formula is C11H15N3O2. The molecule has 1 aromatic heterocycles. The fourth-order valence-electron chi connectivity index (χ4n) is 1.73. The average Bonchev–Trinajstić information content (AvgIpc) is 2.30. The Morgan fingerprint density at radius 3 is 2.62 bits per heavy atom. The molecule has 0 bridgehead atoms. The Hall–Kier alpha value is -1.62. The molecule has 86 valence electrons. The Balaban J connectivity index is 1.88. The van der Waals surface area contributed by atoms with Crippen molar-refractivity contribution in [1.82, 2.24) is 10.0 Å². The van der Waals surface area contributed by atoms with Crippen LogP contribution in [0.1, 0.15) is 6.92 Å². The summed E-state index contributed by atoms with van der Waals surface area (Å²) in [6, 6.07) is 5.86. The number of hydrogen-bond donors (Lipinski definition) is 0. The molecule has 0 unspecified atom stereocenters. The summed E-state index contributed by atoms with van der Waals surface area (Å²) < 4.78 is 0. The molecule has 1 saturated heterocycles. The molecule has 1 fully saturated rings. The molecular weight excluding hydrogens is 206 g/mol. The molecule has 2 heterocycles. The molecule has 0 saturated carbocycles. The van der Waals surface area contributed by atoms with Crippen LogP contribution >= 0.6 is 0 Å². The van der Waals surface area contributed by atoms with E-state index in [1.165, 1.54) is 6.92 Å². The number of hydroxylamine groups is 2. The zero-order chi connectivity index (χ0) is 11.4. The molecule has 0 amide bonds. The van der Waals surface area contributed by atoms with Crippen molar-refractivity contribution in [3.8, 4) is 0 Å². The summed E-state index contributed by atoms with van der Waals surface area (Å²) in [5.74, 6) is 0.719. The summed E-state index contributed by atoms with van der Waals surface area (Å²) in [6.45, 7) is 4.51. The van der Waals surface area contributed by atoms with Gasteiger partial charge in [-0.25, -0.2) is 4.98 Å². The lowest BCUT2D eigenvalue weighted by molar-refractivity contribution is -0.188. The topological polar surface area (TPSA) is 45.7 Å². The van der Waals surface area contributed by atoms with Gasteiger partial charge in [0, 0.05) is 26.2 Å². The van der Waals surface area contributed by atoms with E-state index < -0.39 is 0 Å². The number of nitrogens with zero attached hydrogens (tertiary/aromatic N) is 3. The molecule has 0 spiro atoms. The second kappa shape index (κ2) is 4.94. The lowest BCUT2D eigenvalue weighted by Crippen LogP contribution is -2.47. The second-order valence-electron chi connectivity index (χ2n) is 3.69. The van der Waals surface area contributed by atoms with E-state index in [0.29, 0.717) is 0 Å². The largest absolute Gasteiger partial charge is 0.368 e. The number of rotatable bonds is 2. The van der Waals surface area contributed by atoms with E-state index in [2.05, 4.69) is 9.88 Å². The minimum absolute atomic E-state index is 0.258. The van der Waals surface area contributed by atoms with Crippen LogP contribution in [-0.2, 0) is 9.63 Å². The van der Waals surface area contributed by atoms with Crippen molar-refractivity contribution in [1.29, 1.82) is 0 Å². The molecule has 1 aliphatic heterocycles. The fraction of sp³-hybridized carbons (Fsp3) is 0.455. The number of pyridine rings is 1. The van der Waals surface area contributed by atoms with Crippen molar-refractivity contribution in [2.75, 3.05) is 31.1 Å². The maximum atomic E-state index is 10.8. The molecule has 1 aromatic rings. The van der Waals surface area contributed by atoms with Gasteiger partial charge in [-0.2, -0.15) is 0 Å². The number of aromatic nitrogens is 1. The number of carbonyl (C=O) groups is 1. The van der Waals surface area contributed by atoms with Gasteiger partial charge < -0.3 is 9.74 Å². The predicted octanol–water partition coefficient (Wildman–Crippen LogP) is 0.682. The van der Waals surface area contributed by atoms with Gasteiger partial charge in [0.15, 0.2) is 0 Å². The average molecular weight is 221 g/mol. The third-order valence-corrected chi connectivity index (χ3v) is 2.47. The summed E-state index contributed by atoms with van der Waals surface area (Å²) in [7, 11) is 0. The quantitative estimate of drug-likeness (QED) is 0.735. The monoisotopic (exact) mass is 221 g/mol. The van der Waals surface area contributed by atoms with Crippen LogP contribution in [0.2, 0.25) is 0 Å². The maximum Gasteiger partial charge on any atom is 0.322 e. The number of carbonyl (C=O) groups excluding carboxylic acids is 1. The Kier molecular flexibility index (Phi) is 3.36. The van der Waals surface area contributed by atoms with E-state index in [0.717, 1.165) is 32.0 Å². The third-order valence-electron chi connectivity index (χ3n) is 2.47. The van der Waals surface area contributed by atoms with Gasteiger partial charge in [0.2, 0.25) is 0 Å². The highest BCUT2D eigenvalue weighted by Crippen LogP contribution is 2.12. The highest BCUT2D eigenvalue weighted by atomic mass is 16.7. The lowest BCUT2D eigenvalue weighted by Gasteiger charge is -2.33. The van der Waals surface area contributed by atoms with Crippen LogP contribution in [0.5, 0.6) is 0 Å². The SMILES string of the molecule is CC(=O)ON1CCN(c2ccccn2)CC1. The van der Waals surface area contributed by atoms with Crippen molar-refractivity contribution >= 4 is 11.8 Å². The molecule has 0 radical (unpaired) electrons. The van der Waals surface area contributed by atoms with Gasteiger partial charge in [0.05, 0.1) is 13.1 Å². The first kappa shape index (κ1) is 10.9. The van der Waals surface area contributed by atoms with Crippen LogP contribution in [0.4, 0.5) is 5.82 Å². The number of anilines is 1. The van der Waals surface area contributed by atoms with E-state index in [4.69, 9.17) is 4.84 Å². The predicted molar refractivity (Wildman–Crippen MR) is 59.8 cm³/mol. The van der Waals surface area contributed by atoms with Crippen molar-refractivity contribution in [3.05, 3.63) is 24.4 Å². The highest BCUT2D eigenvalue weighted by Gasteiger charge is 2.19. The summed E-state index contributed by atoms with van der Waals surface area (Å²) in [5.41, 5.74) is 0. The van der Waals surface area contributed by atoms with Crippen molar-refractivity contribution in [2.45, 2.75) is 6.92 Å². The van der Waals surface area contributed by atoms with Crippen LogP contribution in [0.3, 0.4) is 0 Å². The zero-order valence-electron chi connectivity index (χ0n) is 9.30. The van der Waals surface area contributed by atoms with Gasteiger partial charge in [-0.05, 0) is 12.1 Å². The Morgan fingerprint density at radius 2 is 2.06 bits per heavy atom. The Bertz CT molecular complexity index is 348. The Morgan fingerprint density at radius 1 is 1.31 bits per heavy atom. The van der Waals surface area contributed by atoms with Crippen LogP contribution in [-0.4, -0.2) is 42.2 Å². The van der Waals surface area contributed by atoms with Crippen LogP contribution in [0, 0.1) is 0 Å². The standard InChI is InChI=1S/C11H15N3O2/c1-10(15)16-14-8-6-13(7-9-14)11-4-2-3-5-12-11/h2-5H,6-9H2,1H3. The number of piperazine rings is 1. The Labute approximate surface area is 94.6 Å². The van der Waals surface area contributed by atoms with Gasteiger partial charge in [-0.1, -0.05) is 6.07 Å². The first-order valence-corrected chi connectivity index (χ1v) is 5.35. The van der Waals surface area contributed by atoms with E-state index in [9.17, 15) is 4.79 Å². The van der Waals surface area contributed by atoms with E-state index in [-0.39, 0.29) is 5.97 Å². The fourth-order valence-corrected chi connectivity index (χ4v) is 1.73. The minimum Gasteiger partial charge on any atom is -0.368 e. The van der Waals surface area contributed by atoms with Gasteiger partial charge in [0.1, 0.15) is 5.82 Å². The molecule has 2 rings (SSSR count). The van der Waals surface area contributed by atoms with Gasteiger partial charge in [0.25, 0.3) is 0 Å². The summed E-state index contributed by atoms with van der Waals surface area (Å²) in [6.07, 6.45) is 1.79. The van der Waals surface area contributed by atoms with Crippen LogP contribution in [0.25, 0.3) is 0 Å². The molecule has 0 aromatic carbocycles. The molecule has 0 N–H and O–H groups in total. The first-order valence-electron chi connectivity index (χ1n) is 5.35. The maximum absolute atomic E-state index is 10.8. The molecule has 0 aliphatic carbocycles. The smallest absolute Gasteiger partial charge is 0.322 e. The molecule has 5 nitrogen and oxygen atoms in total. The summed E-state index contributed by atoms with van der Waals surface area (Å²) in [5, 5.41) is 1.70. The molecule has 16 heavy (non-hydrogen) atoms. The van der Waals surface area contributed by atoms with Gasteiger partial charge in [-0.15, -0.1) is 5.06 Å². The highest BCUT2D eigenvalue weighted by molar-refractivity contribution is 5.65. The van der Waals surface area contributed by atoms with Crippen molar-refractivity contribution < 1.29 is 9.63 Å². The lowest BCUT2D eigenvalue weighted by atomic mass is 10.3. The van der Waals surface area contributed by atoms with E-state index >= 15 is 0 Å². The van der Waals surface area contributed by atoms with Crippen LogP contribution in [0.15, 0.2) is 24.4 Å². The van der Waals surface area contributed by atoms with Crippen molar-refractivity contribution in [2.24, 2.45) is 0 Å². The van der Waals surface area contributed by atoms with Gasteiger partial charge >= 0.3 is 5.97 Å². The molecule has 5 heteroatoms. The minimum atomic E-state index is -0.258. The van der Waals surface area contributed by atoms with Crippen molar-refractivity contribution in [3.63, 3.8) is 0 Å². The first-order chi connectivity index (χ1) is 7.75. The van der Waals surface area contributed by atoms with Gasteiger partial charge in [-0.3, -0.25) is 4.79 Å². The summed E-state index contributed by atoms with van der Waals surface area (Å²) in [4.78, 5) is 22.3.